The van der Waals surface area contributed by atoms with Gasteiger partial charge in [0, 0.05) is 13.2 Å². The Morgan fingerprint density at radius 3 is 2.46 bits per heavy atom. The van der Waals surface area contributed by atoms with Crippen LogP contribution in [-0.2, 0) is 4.74 Å². The summed E-state index contributed by atoms with van der Waals surface area (Å²) in [7, 11) is 0. The van der Waals surface area contributed by atoms with Crippen LogP contribution in [0, 0.1) is 11.8 Å². The summed E-state index contributed by atoms with van der Waals surface area (Å²) in [5.74, 6) is 1.54. The summed E-state index contributed by atoms with van der Waals surface area (Å²) in [6.07, 6.45) is 3.27. The maximum Gasteiger partial charge on any atom is 0.0731 e. The second-order valence-corrected chi connectivity index (χ2v) is 4.90. The minimum atomic E-state index is 0.546. The first-order valence-corrected chi connectivity index (χ1v) is 5.59. The molecule has 3 saturated heterocycles. The maximum absolute atomic E-state index is 5.94. The lowest BCUT2D eigenvalue weighted by Gasteiger charge is -2.44. The topological polar surface area (TPSA) is 12.5 Å². The van der Waals surface area contributed by atoms with E-state index >= 15 is 0 Å². The van der Waals surface area contributed by atoms with E-state index in [0.29, 0.717) is 12.0 Å². The van der Waals surface area contributed by atoms with Crippen LogP contribution in [0.4, 0.5) is 0 Å². The van der Waals surface area contributed by atoms with Gasteiger partial charge in [0.15, 0.2) is 0 Å². The molecule has 0 radical (unpaired) electrons. The average molecular weight is 183 g/mol. The largest absolute Gasteiger partial charge is 0.376 e. The van der Waals surface area contributed by atoms with Gasteiger partial charge < -0.3 is 9.64 Å². The van der Waals surface area contributed by atoms with Crippen molar-refractivity contribution >= 4 is 0 Å². The van der Waals surface area contributed by atoms with E-state index in [4.69, 9.17) is 4.74 Å². The molecule has 0 spiro atoms. The van der Waals surface area contributed by atoms with Gasteiger partial charge in [-0.15, -0.1) is 0 Å². The van der Waals surface area contributed by atoms with E-state index in [0.717, 1.165) is 12.5 Å². The van der Waals surface area contributed by atoms with Crippen LogP contribution in [0.1, 0.15) is 26.7 Å². The molecule has 1 atom stereocenters. The lowest BCUT2D eigenvalue weighted by atomic mass is 9.86. The summed E-state index contributed by atoms with van der Waals surface area (Å²) in [4.78, 5) is 2.55. The Morgan fingerprint density at radius 2 is 2.00 bits per heavy atom. The molecule has 0 aromatic rings. The van der Waals surface area contributed by atoms with Gasteiger partial charge in [-0.2, -0.15) is 0 Å². The molecule has 2 bridgehead atoms. The normalized spacial score (nSPS) is 38.5. The van der Waals surface area contributed by atoms with Crippen LogP contribution in [0.2, 0.25) is 0 Å². The highest BCUT2D eigenvalue weighted by molar-refractivity contribution is 4.87. The predicted molar refractivity (Wildman–Crippen MR) is 53.7 cm³/mol. The van der Waals surface area contributed by atoms with Gasteiger partial charge in [-0.3, -0.25) is 0 Å². The number of nitrogens with zero attached hydrogens (tertiary/aromatic N) is 1. The van der Waals surface area contributed by atoms with E-state index < -0.39 is 0 Å². The van der Waals surface area contributed by atoms with Crippen LogP contribution in [-0.4, -0.2) is 37.2 Å². The summed E-state index contributed by atoms with van der Waals surface area (Å²) in [6, 6.07) is 0. The van der Waals surface area contributed by atoms with E-state index in [-0.39, 0.29) is 0 Å². The van der Waals surface area contributed by atoms with Gasteiger partial charge in [0.25, 0.3) is 0 Å². The van der Waals surface area contributed by atoms with Gasteiger partial charge in [0.1, 0.15) is 0 Å². The summed E-state index contributed by atoms with van der Waals surface area (Å²) in [5.41, 5.74) is 0. The van der Waals surface area contributed by atoms with Crippen molar-refractivity contribution in [3.8, 4) is 0 Å². The average Bonchev–Trinajstić information content (AvgIpc) is 2.17. The molecule has 76 valence electrons. The second kappa shape index (κ2) is 3.97. The number of ether oxygens (including phenoxy) is 1. The first-order valence-electron chi connectivity index (χ1n) is 5.59. The first kappa shape index (κ1) is 9.47. The van der Waals surface area contributed by atoms with Crippen molar-refractivity contribution in [2.24, 2.45) is 11.8 Å². The number of piperidine rings is 3. The van der Waals surface area contributed by atoms with Crippen LogP contribution >= 0.6 is 0 Å². The van der Waals surface area contributed by atoms with Crippen LogP contribution in [0.3, 0.4) is 0 Å². The van der Waals surface area contributed by atoms with Crippen molar-refractivity contribution in [1.29, 1.82) is 0 Å². The Kier molecular flexibility index (Phi) is 2.89. The number of rotatable bonds is 3. The number of hydrogen-bond donors (Lipinski definition) is 0. The van der Waals surface area contributed by atoms with Crippen molar-refractivity contribution in [3.05, 3.63) is 0 Å². The fraction of sp³-hybridized carbons (Fsp3) is 1.00. The molecule has 0 amide bonds. The SMILES string of the molecule is CC(C)COC1CN2CCC1CC2. The van der Waals surface area contributed by atoms with Crippen molar-refractivity contribution < 1.29 is 4.74 Å². The van der Waals surface area contributed by atoms with E-state index in [2.05, 4.69) is 18.7 Å². The molecule has 2 nitrogen and oxygen atoms in total. The molecule has 2 heteroatoms. The smallest absolute Gasteiger partial charge is 0.0731 e. The van der Waals surface area contributed by atoms with Crippen molar-refractivity contribution in [2.45, 2.75) is 32.8 Å². The van der Waals surface area contributed by atoms with Crippen molar-refractivity contribution in [1.82, 2.24) is 4.90 Å². The summed E-state index contributed by atoms with van der Waals surface area (Å²) < 4.78 is 5.94. The highest BCUT2D eigenvalue weighted by atomic mass is 16.5. The molecule has 0 saturated carbocycles. The predicted octanol–water partition coefficient (Wildman–Crippen LogP) is 1.75. The molecule has 3 heterocycles. The van der Waals surface area contributed by atoms with Gasteiger partial charge in [0.2, 0.25) is 0 Å². The van der Waals surface area contributed by atoms with Gasteiger partial charge >= 0.3 is 0 Å². The lowest BCUT2D eigenvalue weighted by Crippen LogP contribution is -2.51. The van der Waals surface area contributed by atoms with Crippen LogP contribution in [0.15, 0.2) is 0 Å². The molecule has 3 aliphatic rings. The standard InChI is InChI=1S/C11H21NO/c1-9(2)8-13-11-7-12-5-3-10(11)4-6-12/h9-11H,3-8H2,1-2H3. The van der Waals surface area contributed by atoms with Gasteiger partial charge in [-0.1, -0.05) is 13.8 Å². The third-order valence-electron chi connectivity index (χ3n) is 3.24. The maximum atomic E-state index is 5.94. The Morgan fingerprint density at radius 1 is 1.31 bits per heavy atom. The minimum Gasteiger partial charge on any atom is -0.376 e. The number of fused-ring (bicyclic) bond motifs is 3. The monoisotopic (exact) mass is 183 g/mol. The highest BCUT2D eigenvalue weighted by Crippen LogP contribution is 2.29. The summed E-state index contributed by atoms with van der Waals surface area (Å²) >= 11 is 0. The summed E-state index contributed by atoms with van der Waals surface area (Å²) in [6.45, 7) is 9.20. The molecule has 0 N–H and O–H groups in total. The molecule has 3 aliphatic heterocycles. The molecular weight excluding hydrogens is 162 g/mol. The van der Waals surface area contributed by atoms with Gasteiger partial charge in [-0.25, -0.2) is 0 Å². The molecule has 0 aromatic carbocycles. The highest BCUT2D eigenvalue weighted by Gasteiger charge is 2.34. The van der Waals surface area contributed by atoms with Crippen LogP contribution in [0.5, 0.6) is 0 Å². The van der Waals surface area contributed by atoms with Gasteiger partial charge in [-0.05, 0) is 37.8 Å². The molecule has 0 aliphatic carbocycles. The van der Waals surface area contributed by atoms with Crippen LogP contribution in [0.25, 0.3) is 0 Å². The van der Waals surface area contributed by atoms with E-state index in [1.54, 1.807) is 0 Å². The molecule has 13 heavy (non-hydrogen) atoms. The lowest BCUT2D eigenvalue weighted by molar-refractivity contribution is -0.0763. The quantitative estimate of drug-likeness (QED) is 0.661. The molecule has 0 aromatic heterocycles. The molecule has 1 unspecified atom stereocenters. The third-order valence-corrected chi connectivity index (χ3v) is 3.24. The second-order valence-electron chi connectivity index (χ2n) is 4.90. The Labute approximate surface area is 81.3 Å². The van der Waals surface area contributed by atoms with E-state index in [9.17, 15) is 0 Å². The first-order chi connectivity index (χ1) is 6.25. The number of hydrogen-bond acceptors (Lipinski definition) is 2. The molecule has 3 fully saturated rings. The fourth-order valence-corrected chi connectivity index (χ4v) is 2.42. The molecule has 3 rings (SSSR count). The van der Waals surface area contributed by atoms with Crippen molar-refractivity contribution in [2.75, 3.05) is 26.2 Å². The zero-order valence-corrected chi connectivity index (χ0v) is 8.83. The fourth-order valence-electron chi connectivity index (χ4n) is 2.42. The zero-order valence-electron chi connectivity index (χ0n) is 8.83. The van der Waals surface area contributed by atoms with Crippen molar-refractivity contribution in [3.63, 3.8) is 0 Å². The minimum absolute atomic E-state index is 0.546. The van der Waals surface area contributed by atoms with Gasteiger partial charge in [0.05, 0.1) is 6.10 Å². The molecular formula is C11H21NO. The van der Waals surface area contributed by atoms with Crippen LogP contribution < -0.4 is 0 Å². The summed E-state index contributed by atoms with van der Waals surface area (Å²) in [5, 5.41) is 0. The van der Waals surface area contributed by atoms with E-state index in [1.807, 2.05) is 0 Å². The third kappa shape index (κ3) is 2.23. The Hall–Kier alpha value is -0.0800. The zero-order chi connectivity index (χ0) is 9.26. The Bertz CT molecular complexity index is 161. The van der Waals surface area contributed by atoms with E-state index in [1.165, 1.54) is 32.5 Å². The Balaban J connectivity index is 1.80.